The summed E-state index contributed by atoms with van der Waals surface area (Å²) in [6.07, 6.45) is 6.64. The highest BCUT2D eigenvalue weighted by Gasteiger charge is 2.55. The van der Waals surface area contributed by atoms with Gasteiger partial charge in [-0.25, -0.2) is 0 Å². The molecule has 2 saturated carbocycles. The van der Waals surface area contributed by atoms with E-state index in [1.807, 2.05) is 18.7 Å². The highest BCUT2D eigenvalue weighted by molar-refractivity contribution is 6.00. The molecule has 0 radical (unpaired) electrons. The summed E-state index contributed by atoms with van der Waals surface area (Å²) < 4.78 is 0. The zero-order chi connectivity index (χ0) is 14.5. The fourth-order valence-electron chi connectivity index (χ4n) is 4.06. The van der Waals surface area contributed by atoms with E-state index in [0.29, 0.717) is 11.8 Å². The summed E-state index contributed by atoms with van der Waals surface area (Å²) in [5.41, 5.74) is -0.649. The van der Waals surface area contributed by atoms with Crippen LogP contribution in [-0.4, -0.2) is 34.3 Å². The van der Waals surface area contributed by atoms with Crippen molar-refractivity contribution in [3.63, 3.8) is 0 Å². The number of hydrogen-bond acceptors (Lipinski definition) is 2. The zero-order valence-electron chi connectivity index (χ0n) is 12.8. The number of nitrogens with zero attached hydrogens (tertiary/aromatic N) is 1. The Morgan fingerprint density at radius 3 is 2.45 bits per heavy atom. The molecule has 1 saturated heterocycles. The zero-order valence-corrected chi connectivity index (χ0v) is 12.8. The van der Waals surface area contributed by atoms with Crippen LogP contribution >= 0.6 is 0 Å². The fourth-order valence-corrected chi connectivity index (χ4v) is 4.06. The number of carbonyl (C=O) groups is 2. The lowest BCUT2D eigenvalue weighted by Gasteiger charge is -2.48. The van der Waals surface area contributed by atoms with Crippen LogP contribution < -0.4 is 5.32 Å². The predicted octanol–water partition coefficient (Wildman–Crippen LogP) is 2.08. The van der Waals surface area contributed by atoms with Crippen molar-refractivity contribution >= 4 is 11.8 Å². The Morgan fingerprint density at radius 1 is 1.15 bits per heavy atom. The van der Waals surface area contributed by atoms with Crippen molar-refractivity contribution in [3.05, 3.63) is 0 Å². The number of piperazine rings is 1. The minimum absolute atomic E-state index is 0.0252. The quantitative estimate of drug-likeness (QED) is 0.840. The molecule has 0 aromatic carbocycles. The lowest BCUT2D eigenvalue weighted by molar-refractivity contribution is -0.158. The number of nitrogens with one attached hydrogen (secondary N) is 1. The largest absolute Gasteiger partial charge is 0.340 e. The van der Waals surface area contributed by atoms with Crippen molar-refractivity contribution < 1.29 is 9.59 Å². The second-order valence-corrected chi connectivity index (χ2v) is 7.28. The summed E-state index contributed by atoms with van der Waals surface area (Å²) in [5.74, 6) is 1.18. The van der Waals surface area contributed by atoms with Gasteiger partial charge in [-0.1, -0.05) is 19.8 Å². The number of rotatable bonds is 2. The van der Waals surface area contributed by atoms with E-state index in [0.717, 1.165) is 25.7 Å². The third-order valence-corrected chi connectivity index (χ3v) is 5.55. The Hall–Kier alpha value is -1.06. The van der Waals surface area contributed by atoms with Crippen LogP contribution in [0.5, 0.6) is 0 Å². The van der Waals surface area contributed by atoms with Gasteiger partial charge < -0.3 is 10.2 Å². The maximum Gasteiger partial charge on any atom is 0.249 e. The average Bonchev–Trinajstić information content (AvgIpc) is 3.21. The molecular formula is C16H26N2O2. The summed E-state index contributed by atoms with van der Waals surface area (Å²) in [5, 5.41) is 3.00. The molecule has 4 unspecified atom stereocenters. The van der Waals surface area contributed by atoms with Gasteiger partial charge in [-0.05, 0) is 51.4 Å². The van der Waals surface area contributed by atoms with Gasteiger partial charge in [0.2, 0.25) is 11.8 Å². The Balaban J connectivity index is 1.86. The molecule has 0 spiro atoms. The highest BCUT2D eigenvalue weighted by atomic mass is 16.2. The Kier molecular flexibility index (Phi) is 3.30. The van der Waals surface area contributed by atoms with E-state index < -0.39 is 5.54 Å². The molecule has 1 N–H and O–H groups in total. The van der Waals surface area contributed by atoms with E-state index in [-0.39, 0.29) is 23.9 Å². The molecule has 4 heteroatoms. The second-order valence-electron chi connectivity index (χ2n) is 7.28. The van der Waals surface area contributed by atoms with Crippen molar-refractivity contribution in [2.45, 2.75) is 76.9 Å². The Morgan fingerprint density at radius 2 is 1.85 bits per heavy atom. The molecule has 1 heterocycles. The molecule has 0 aromatic heterocycles. The van der Waals surface area contributed by atoms with Crippen molar-refractivity contribution in [2.24, 2.45) is 11.8 Å². The van der Waals surface area contributed by atoms with Crippen LogP contribution in [0, 0.1) is 11.8 Å². The van der Waals surface area contributed by atoms with Gasteiger partial charge in [-0.2, -0.15) is 0 Å². The lowest BCUT2D eigenvalue weighted by Crippen LogP contribution is -2.71. The molecule has 3 fully saturated rings. The molecule has 0 aromatic rings. The first kappa shape index (κ1) is 13.9. The molecule has 0 bridgehead atoms. The molecule has 1 aliphatic heterocycles. The summed E-state index contributed by atoms with van der Waals surface area (Å²) >= 11 is 0. The van der Waals surface area contributed by atoms with E-state index in [1.54, 1.807) is 0 Å². The van der Waals surface area contributed by atoms with Gasteiger partial charge in [0.1, 0.15) is 11.6 Å². The van der Waals surface area contributed by atoms with E-state index >= 15 is 0 Å². The summed E-state index contributed by atoms with van der Waals surface area (Å²) in [7, 11) is 0. The van der Waals surface area contributed by atoms with Crippen LogP contribution in [0.2, 0.25) is 0 Å². The van der Waals surface area contributed by atoms with E-state index in [2.05, 4.69) is 12.2 Å². The summed E-state index contributed by atoms with van der Waals surface area (Å²) in [4.78, 5) is 27.2. The summed E-state index contributed by atoms with van der Waals surface area (Å²) in [6, 6.07) is -0.0602. The van der Waals surface area contributed by atoms with Gasteiger partial charge >= 0.3 is 0 Å². The number of carbonyl (C=O) groups excluding carboxylic acids is 2. The smallest absolute Gasteiger partial charge is 0.249 e. The van der Waals surface area contributed by atoms with Crippen LogP contribution in [-0.2, 0) is 9.59 Å². The van der Waals surface area contributed by atoms with Crippen molar-refractivity contribution in [3.8, 4) is 0 Å². The standard InChI is InChI=1S/C16H26N2O2/c1-10-5-4-6-13(9-10)18-11(2)14(19)17-16(3,15(18)20)12-7-8-12/h10-13H,4-9H2,1-3H3,(H,17,19). The van der Waals surface area contributed by atoms with Gasteiger partial charge in [0.25, 0.3) is 0 Å². The van der Waals surface area contributed by atoms with Gasteiger partial charge in [0.05, 0.1) is 0 Å². The fraction of sp³-hybridized carbons (Fsp3) is 0.875. The Bertz CT molecular complexity index is 432. The predicted molar refractivity (Wildman–Crippen MR) is 77.0 cm³/mol. The molecular weight excluding hydrogens is 252 g/mol. The maximum atomic E-state index is 13.0. The van der Waals surface area contributed by atoms with Crippen LogP contribution in [0.4, 0.5) is 0 Å². The first-order chi connectivity index (χ1) is 9.43. The minimum atomic E-state index is -0.649. The van der Waals surface area contributed by atoms with E-state index in [1.165, 1.54) is 12.8 Å². The molecule has 2 aliphatic carbocycles. The first-order valence-corrected chi connectivity index (χ1v) is 8.08. The van der Waals surface area contributed by atoms with Crippen molar-refractivity contribution in [1.82, 2.24) is 10.2 Å². The molecule has 112 valence electrons. The molecule has 20 heavy (non-hydrogen) atoms. The molecule has 4 atom stereocenters. The van der Waals surface area contributed by atoms with Crippen LogP contribution in [0.1, 0.15) is 59.3 Å². The summed E-state index contributed by atoms with van der Waals surface area (Å²) in [6.45, 7) is 6.06. The molecule has 2 amide bonds. The van der Waals surface area contributed by atoms with Crippen molar-refractivity contribution in [2.75, 3.05) is 0 Å². The van der Waals surface area contributed by atoms with Crippen LogP contribution in [0.25, 0.3) is 0 Å². The Labute approximate surface area is 121 Å². The molecule has 3 rings (SSSR count). The third kappa shape index (κ3) is 2.13. The van der Waals surface area contributed by atoms with Crippen LogP contribution in [0.15, 0.2) is 0 Å². The van der Waals surface area contributed by atoms with Gasteiger partial charge in [-0.3, -0.25) is 9.59 Å². The topological polar surface area (TPSA) is 49.4 Å². The first-order valence-electron chi connectivity index (χ1n) is 8.08. The van der Waals surface area contributed by atoms with Gasteiger partial charge in [-0.15, -0.1) is 0 Å². The maximum absolute atomic E-state index is 13.0. The third-order valence-electron chi connectivity index (χ3n) is 5.55. The number of hydrogen-bond donors (Lipinski definition) is 1. The molecule has 4 nitrogen and oxygen atoms in total. The normalized spacial score (nSPS) is 42.5. The minimum Gasteiger partial charge on any atom is -0.340 e. The number of amides is 2. The highest BCUT2D eigenvalue weighted by Crippen LogP contribution is 2.43. The van der Waals surface area contributed by atoms with E-state index in [4.69, 9.17) is 0 Å². The van der Waals surface area contributed by atoms with Gasteiger partial charge in [0.15, 0.2) is 0 Å². The lowest BCUT2D eigenvalue weighted by atomic mass is 9.82. The molecule has 3 aliphatic rings. The van der Waals surface area contributed by atoms with E-state index in [9.17, 15) is 9.59 Å². The van der Waals surface area contributed by atoms with Crippen LogP contribution in [0.3, 0.4) is 0 Å². The van der Waals surface area contributed by atoms with Gasteiger partial charge in [0, 0.05) is 6.04 Å². The van der Waals surface area contributed by atoms with Crippen molar-refractivity contribution in [1.29, 1.82) is 0 Å². The SMILES string of the molecule is CC1CCCC(N2C(=O)C(C)(C3CC3)NC(=O)C2C)C1. The monoisotopic (exact) mass is 278 g/mol. The average molecular weight is 278 g/mol. The second kappa shape index (κ2) is 4.74.